The van der Waals surface area contributed by atoms with E-state index in [1.165, 1.54) is 6.08 Å². The highest BCUT2D eigenvalue weighted by atomic mass is 35.5. The van der Waals surface area contributed by atoms with Crippen molar-refractivity contribution in [3.63, 3.8) is 0 Å². The highest BCUT2D eigenvalue weighted by Crippen LogP contribution is 2.23. The van der Waals surface area contributed by atoms with Crippen molar-refractivity contribution in [2.24, 2.45) is 0 Å². The molecular formula is C24H24ClFN2O2. The molecule has 0 saturated heterocycles. The molecule has 0 aliphatic heterocycles. The molecule has 1 aromatic heterocycles. The summed E-state index contributed by atoms with van der Waals surface area (Å²) < 4.78 is 16.6. The second-order valence-electron chi connectivity index (χ2n) is 7.12. The van der Waals surface area contributed by atoms with E-state index in [0.717, 1.165) is 24.0 Å². The van der Waals surface area contributed by atoms with Gasteiger partial charge in [0, 0.05) is 23.4 Å². The summed E-state index contributed by atoms with van der Waals surface area (Å²) in [5.74, 6) is -1.16. The van der Waals surface area contributed by atoms with Gasteiger partial charge in [0.2, 0.25) is 5.95 Å². The molecule has 0 aliphatic rings. The lowest BCUT2D eigenvalue weighted by Crippen LogP contribution is -2.10. The number of hydrogen-bond donors (Lipinski definition) is 1. The number of carbonyl (C=O) groups is 1. The van der Waals surface area contributed by atoms with Crippen LogP contribution in [0.15, 0.2) is 60.2 Å². The first kappa shape index (κ1) is 21.8. The van der Waals surface area contributed by atoms with Crippen molar-refractivity contribution in [1.82, 2.24) is 9.55 Å². The van der Waals surface area contributed by atoms with Crippen molar-refractivity contribution in [2.45, 2.75) is 39.2 Å². The van der Waals surface area contributed by atoms with Gasteiger partial charge < -0.3 is 9.67 Å². The quantitative estimate of drug-likeness (QED) is 0.441. The Morgan fingerprint density at radius 2 is 1.87 bits per heavy atom. The summed E-state index contributed by atoms with van der Waals surface area (Å²) in [6, 6.07) is 16.6. The molecule has 0 bridgehead atoms. The molecule has 4 nitrogen and oxygen atoms in total. The van der Waals surface area contributed by atoms with Crippen LogP contribution >= 0.6 is 11.6 Å². The number of halogens is 2. The standard InChI is InChI=1S/C24H24ClFN2O2/c1-2-3-13-22-27-23(26)21(28(22)16-18-11-7-8-12-20(18)25)15-19(24(29)30)14-17-9-5-4-6-10-17/h4-12,15H,2-3,13-14,16H2,1H3,(H,29,30)/b19-15+. The topological polar surface area (TPSA) is 55.1 Å². The Kier molecular flexibility index (Phi) is 7.41. The molecule has 3 rings (SSSR count). The predicted molar refractivity (Wildman–Crippen MR) is 117 cm³/mol. The molecule has 0 aliphatic carbocycles. The van der Waals surface area contributed by atoms with Gasteiger partial charge in [-0.15, -0.1) is 0 Å². The minimum absolute atomic E-state index is 0.0995. The fraction of sp³-hybridized carbons (Fsp3) is 0.250. The molecule has 1 N–H and O–H groups in total. The van der Waals surface area contributed by atoms with E-state index in [-0.39, 0.29) is 17.7 Å². The van der Waals surface area contributed by atoms with Crippen LogP contribution in [-0.2, 0) is 24.2 Å². The van der Waals surface area contributed by atoms with Crippen LogP contribution in [0.1, 0.15) is 42.4 Å². The van der Waals surface area contributed by atoms with Gasteiger partial charge in [0.15, 0.2) is 0 Å². The number of aryl methyl sites for hydroxylation is 1. The first-order valence-electron chi connectivity index (χ1n) is 9.95. The van der Waals surface area contributed by atoms with Gasteiger partial charge in [-0.3, -0.25) is 0 Å². The second-order valence-corrected chi connectivity index (χ2v) is 7.53. The summed E-state index contributed by atoms with van der Waals surface area (Å²) in [6.45, 7) is 2.38. The summed E-state index contributed by atoms with van der Waals surface area (Å²) in [4.78, 5) is 16.0. The van der Waals surface area contributed by atoms with E-state index < -0.39 is 11.9 Å². The van der Waals surface area contributed by atoms with Gasteiger partial charge in [-0.05, 0) is 29.7 Å². The third-order valence-corrected chi connectivity index (χ3v) is 5.27. The molecule has 0 spiro atoms. The number of rotatable bonds is 9. The molecule has 6 heteroatoms. The van der Waals surface area contributed by atoms with Gasteiger partial charge in [0.25, 0.3) is 0 Å². The van der Waals surface area contributed by atoms with Gasteiger partial charge in [0.05, 0.1) is 12.2 Å². The van der Waals surface area contributed by atoms with Crippen molar-refractivity contribution >= 4 is 23.6 Å². The number of carboxylic acid groups (broad SMARTS) is 1. The van der Waals surface area contributed by atoms with Gasteiger partial charge in [0.1, 0.15) is 5.82 Å². The Morgan fingerprint density at radius 3 is 2.53 bits per heavy atom. The first-order chi connectivity index (χ1) is 14.5. The molecule has 30 heavy (non-hydrogen) atoms. The number of imidazole rings is 1. The van der Waals surface area contributed by atoms with Gasteiger partial charge in [-0.1, -0.05) is 73.5 Å². The highest BCUT2D eigenvalue weighted by Gasteiger charge is 2.19. The third kappa shape index (κ3) is 5.36. The largest absolute Gasteiger partial charge is 0.478 e. The van der Waals surface area contributed by atoms with Crippen LogP contribution in [0.4, 0.5) is 4.39 Å². The zero-order valence-corrected chi connectivity index (χ0v) is 17.6. The molecule has 0 unspecified atom stereocenters. The maximum Gasteiger partial charge on any atom is 0.331 e. The van der Waals surface area contributed by atoms with E-state index in [4.69, 9.17) is 11.6 Å². The first-order valence-corrected chi connectivity index (χ1v) is 10.3. The van der Waals surface area contributed by atoms with Crippen LogP contribution in [-0.4, -0.2) is 20.6 Å². The van der Waals surface area contributed by atoms with Crippen LogP contribution in [0.5, 0.6) is 0 Å². The van der Waals surface area contributed by atoms with Crippen molar-refractivity contribution in [1.29, 1.82) is 0 Å². The number of nitrogens with zero attached hydrogens (tertiary/aromatic N) is 2. The number of aromatic nitrogens is 2. The average Bonchev–Trinajstić information content (AvgIpc) is 3.02. The molecule has 0 atom stereocenters. The Labute approximate surface area is 180 Å². The number of carboxylic acids is 1. The van der Waals surface area contributed by atoms with Crippen LogP contribution in [0.3, 0.4) is 0 Å². The van der Waals surface area contributed by atoms with E-state index >= 15 is 0 Å². The summed E-state index contributed by atoms with van der Waals surface area (Å²) in [7, 11) is 0. The molecule has 0 radical (unpaired) electrons. The van der Waals surface area contributed by atoms with Crippen molar-refractivity contribution in [3.8, 4) is 0 Å². The van der Waals surface area contributed by atoms with Crippen LogP contribution in [0.2, 0.25) is 5.02 Å². The fourth-order valence-electron chi connectivity index (χ4n) is 3.29. The number of benzene rings is 2. The lowest BCUT2D eigenvalue weighted by atomic mass is 10.0. The number of hydrogen-bond acceptors (Lipinski definition) is 2. The van der Waals surface area contributed by atoms with Gasteiger partial charge in [-0.25, -0.2) is 9.78 Å². The van der Waals surface area contributed by atoms with E-state index in [9.17, 15) is 14.3 Å². The average molecular weight is 427 g/mol. The van der Waals surface area contributed by atoms with Gasteiger partial charge >= 0.3 is 5.97 Å². The maximum absolute atomic E-state index is 14.9. The molecule has 0 fully saturated rings. The number of aliphatic carboxylic acids is 1. The van der Waals surface area contributed by atoms with Crippen molar-refractivity contribution in [3.05, 3.63) is 93.8 Å². The Bertz CT molecular complexity index is 1040. The van der Waals surface area contributed by atoms with Crippen LogP contribution in [0, 0.1) is 5.95 Å². The second kappa shape index (κ2) is 10.2. The Hall–Kier alpha value is -2.92. The smallest absolute Gasteiger partial charge is 0.331 e. The van der Waals surface area contributed by atoms with E-state index in [1.807, 2.05) is 48.5 Å². The molecular weight excluding hydrogens is 403 g/mol. The maximum atomic E-state index is 14.9. The predicted octanol–water partition coefficient (Wildman–Crippen LogP) is 5.78. The van der Waals surface area contributed by atoms with Gasteiger partial charge in [-0.2, -0.15) is 4.39 Å². The van der Waals surface area contributed by atoms with E-state index in [2.05, 4.69) is 11.9 Å². The summed E-state index contributed by atoms with van der Waals surface area (Å²) >= 11 is 6.32. The normalized spacial score (nSPS) is 11.6. The zero-order chi connectivity index (χ0) is 21.5. The lowest BCUT2D eigenvalue weighted by molar-refractivity contribution is -0.132. The van der Waals surface area contributed by atoms with Crippen LogP contribution < -0.4 is 0 Å². The Morgan fingerprint density at radius 1 is 1.17 bits per heavy atom. The summed E-state index contributed by atoms with van der Waals surface area (Å²) in [6.07, 6.45) is 3.99. The highest BCUT2D eigenvalue weighted by molar-refractivity contribution is 6.31. The Balaban J connectivity index is 2.05. The molecule has 0 saturated carbocycles. The van der Waals surface area contributed by atoms with Crippen molar-refractivity contribution < 1.29 is 14.3 Å². The van der Waals surface area contributed by atoms with Crippen molar-refractivity contribution in [2.75, 3.05) is 0 Å². The molecule has 3 aromatic rings. The molecule has 1 heterocycles. The number of unbranched alkanes of at least 4 members (excludes halogenated alkanes) is 1. The monoisotopic (exact) mass is 426 g/mol. The minimum atomic E-state index is -1.08. The SMILES string of the molecule is CCCCc1nc(F)c(/C=C(\Cc2ccccc2)C(=O)O)n1Cc1ccccc1Cl. The third-order valence-electron chi connectivity index (χ3n) is 4.90. The van der Waals surface area contributed by atoms with Crippen LogP contribution in [0.25, 0.3) is 6.08 Å². The summed E-state index contributed by atoms with van der Waals surface area (Å²) in [5.41, 5.74) is 1.93. The minimum Gasteiger partial charge on any atom is -0.478 e. The summed E-state index contributed by atoms with van der Waals surface area (Å²) in [5, 5.41) is 10.3. The molecule has 2 aromatic carbocycles. The zero-order valence-electron chi connectivity index (χ0n) is 16.8. The molecule has 0 amide bonds. The van der Waals surface area contributed by atoms with E-state index in [0.29, 0.717) is 23.8 Å². The fourth-order valence-corrected chi connectivity index (χ4v) is 3.48. The van der Waals surface area contributed by atoms with E-state index in [1.54, 1.807) is 10.6 Å². The molecule has 156 valence electrons. The lowest BCUT2D eigenvalue weighted by Gasteiger charge is -2.12.